The van der Waals surface area contributed by atoms with Gasteiger partial charge in [0.1, 0.15) is 0 Å². The van der Waals surface area contributed by atoms with Crippen molar-refractivity contribution in [3.8, 4) is 0 Å². The number of aliphatic hydroxyl groups excluding tert-OH is 1. The number of aryl methyl sites for hydroxylation is 2. The number of thioether (sulfide) groups is 1. The van der Waals surface area contributed by atoms with E-state index in [1.807, 2.05) is 18.7 Å². The fraction of sp³-hybridized carbons (Fsp3) is 0.556. The van der Waals surface area contributed by atoms with Gasteiger partial charge in [-0.1, -0.05) is 11.8 Å². The molecule has 18 heavy (non-hydrogen) atoms. The Bertz CT molecular complexity index is 539. The normalized spacial score (nSPS) is 11.1. The van der Waals surface area contributed by atoms with Crippen molar-refractivity contribution in [2.75, 3.05) is 6.61 Å². The van der Waals surface area contributed by atoms with Crippen LogP contribution in [0.5, 0.6) is 0 Å². The second kappa shape index (κ2) is 5.81. The highest BCUT2D eigenvalue weighted by atomic mass is 79.9. The van der Waals surface area contributed by atoms with Crippen molar-refractivity contribution in [1.82, 2.24) is 30.0 Å². The van der Waals surface area contributed by atoms with Gasteiger partial charge in [-0.05, 0) is 33.3 Å². The Morgan fingerprint density at radius 3 is 2.83 bits per heavy atom. The first-order chi connectivity index (χ1) is 8.63. The highest BCUT2D eigenvalue weighted by molar-refractivity contribution is 9.10. The molecular weight excluding hydrogens is 320 g/mol. The van der Waals surface area contributed by atoms with Crippen molar-refractivity contribution in [2.24, 2.45) is 7.05 Å². The summed E-state index contributed by atoms with van der Waals surface area (Å²) in [6.45, 7) is 2.38. The van der Waals surface area contributed by atoms with Crippen molar-refractivity contribution in [3.63, 3.8) is 0 Å². The molecule has 0 fully saturated rings. The van der Waals surface area contributed by atoms with E-state index in [1.54, 1.807) is 4.68 Å². The monoisotopic (exact) mass is 332 g/mol. The van der Waals surface area contributed by atoms with Crippen LogP contribution in [-0.2, 0) is 19.3 Å². The molecule has 0 aliphatic heterocycles. The number of tetrazole rings is 1. The highest BCUT2D eigenvalue weighted by Crippen LogP contribution is 2.27. The summed E-state index contributed by atoms with van der Waals surface area (Å²) in [6.07, 6.45) is 0. The summed E-state index contributed by atoms with van der Waals surface area (Å²) in [4.78, 5) is 0. The van der Waals surface area contributed by atoms with Crippen LogP contribution in [0.25, 0.3) is 0 Å². The number of rotatable bonds is 5. The lowest BCUT2D eigenvalue weighted by Crippen LogP contribution is -2.06. The molecule has 98 valence electrons. The van der Waals surface area contributed by atoms with Gasteiger partial charge in [0.25, 0.3) is 0 Å². The Morgan fingerprint density at radius 1 is 1.44 bits per heavy atom. The molecule has 0 radical (unpaired) electrons. The smallest absolute Gasteiger partial charge is 0.209 e. The van der Waals surface area contributed by atoms with Crippen LogP contribution in [0.1, 0.15) is 11.4 Å². The fourth-order valence-electron chi connectivity index (χ4n) is 1.50. The minimum absolute atomic E-state index is 0.0209. The quantitative estimate of drug-likeness (QED) is 0.814. The van der Waals surface area contributed by atoms with Gasteiger partial charge < -0.3 is 5.11 Å². The molecule has 1 N–H and O–H groups in total. The van der Waals surface area contributed by atoms with Crippen molar-refractivity contribution in [1.29, 1.82) is 0 Å². The molecule has 0 aliphatic rings. The van der Waals surface area contributed by atoms with Gasteiger partial charge in [-0.3, -0.25) is 4.68 Å². The molecular formula is C9H13BrN6OS. The third-order valence-electron chi connectivity index (χ3n) is 2.41. The predicted octanol–water partition coefficient (Wildman–Crippen LogP) is 0.762. The second-order valence-corrected chi connectivity index (χ2v) is 5.40. The van der Waals surface area contributed by atoms with Crippen LogP contribution in [0.15, 0.2) is 9.63 Å². The van der Waals surface area contributed by atoms with Crippen molar-refractivity contribution < 1.29 is 5.11 Å². The zero-order valence-electron chi connectivity index (χ0n) is 10.0. The van der Waals surface area contributed by atoms with Gasteiger partial charge in [0.15, 0.2) is 0 Å². The Labute approximate surface area is 117 Å². The van der Waals surface area contributed by atoms with Crippen molar-refractivity contribution in [3.05, 3.63) is 15.9 Å². The molecule has 0 aliphatic carbocycles. The van der Waals surface area contributed by atoms with Gasteiger partial charge in [0, 0.05) is 12.8 Å². The molecule has 0 spiro atoms. The summed E-state index contributed by atoms with van der Waals surface area (Å²) in [5, 5.41) is 25.2. The molecule has 2 rings (SSSR count). The predicted molar refractivity (Wildman–Crippen MR) is 70.1 cm³/mol. The van der Waals surface area contributed by atoms with E-state index in [2.05, 4.69) is 36.6 Å². The number of halogens is 1. The fourth-order valence-corrected chi connectivity index (χ4v) is 3.13. The van der Waals surface area contributed by atoms with Crippen molar-refractivity contribution >= 4 is 27.7 Å². The average molecular weight is 333 g/mol. The molecule has 2 heterocycles. The largest absolute Gasteiger partial charge is 0.394 e. The molecule has 0 saturated heterocycles. The number of aliphatic hydroxyl groups is 1. The molecule has 0 saturated carbocycles. The van der Waals surface area contributed by atoms with Gasteiger partial charge in [0.2, 0.25) is 5.16 Å². The van der Waals surface area contributed by atoms with Crippen LogP contribution in [0.3, 0.4) is 0 Å². The topological polar surface area (TPSA) is 81.7 Å². The molecule has 0 unspecified atom stereocenters. The Hall–Kier alpha value is -0.930. The third kappa shape index (κ3) is 2.73. The maximum atomic E-state index is 8.89. The SMILES string of the molecule is Cc1nn(C)c(CSc2nnnn2CCO)c1Br. The van der Waals surface area contributed by atoms with E-state index in [0.29, 0.717) is 17.5 Å². The highest BCUT2D eigenvalue weighted by Gasteiger charge is 2.13. The molecule has 0 bridgehead atoms. The number of aromatic nitrogens is 6. The molecule has 0 amide bonds. The Kier molecular flexibility index (Phi) is 4.36. The standard InChI is InChI=1S/C9H13BrN6OS/c1-6-8(10)7(15(2)12-6)5-18-9-11-13-14-16(9)3-4-17/h17H,3-5H2,1-2H3. The molecule has 2 aromatic heterocycles. The number of hydrogen-bond donors (Lipinski definition) is 1. The van der Waals surface area contributed by atoms with Crippen LogP contribution in [0.4, 0.5) is 0 Å². The first-order valence-corrected chi connectivity index (χ1v) is 7.09. The van der Waals surface area contributed by atoms with Crippen LogP contribution in [0.2, 0.25) is 0 Å². The lowest BCUT2D eigenvalue weighted by molar-refractivity contribution is 0.262. The van der Waals surface area contributed by atoms with Gasteiger partial charge >= 0.3 is 0 Å². The summed E-state index contributed by atoms with van der Waals surface area (Å²) < 4.78 is 4.44. The van der Waals surface area contributed by atoms with E-state index in [-0.39, 0.29) is 6.61 Å². The Morgan fingerprint density at radius 2 is 2.22 bits per heavy atom. The molecule has 9 heteroatoms. The molecule has 7 nitrogen and oxygen atoms in total. The summed E-state index contributed by atoms with van der Waals surface area (Å²) in [5.74, 6) is 0.712. The zero-order chi connectivity index (χ0) is 13.1. The lowest BCUT2D eigenvalue weighted by Gasteiger charge is -2.03. The minimum atomic E-state index is 0.0209. The van der Waals surface area contributed by atoms with Gasteiger partial charge in [-0.25, -0.2) is 4.68 Å². The lowest BCUT2D eigenvalue weighted by atomic mass is 10.4. The molecule has 0 aromatic carbocycles. The van der Waals surface area contributed by atoms with Crippen LogP contribution < -0.4 is 0 Å². The van der Waals surface area contributed by atoms with E-state index in [4.69, 9.17) is 5.11 Å². The van der Waals surface area contributed by atoms with Gasteiger partial charge in [-0.2, -0.15) is 5.10 Å². The van der Waals surface area contributed by atoms with E-state index in [9.17, 15) is 0 Å². The zero-order valence-corrected chi connectivity index (χ0v) is 12.4. The van der Waals surface area contributed by atoms with Crippen molar-refractivity contribution in [2.45, 2.75) is 24.4 Å². The molecule has 2 aromatic rings. The van der Waals surface area contributed by atoms with Gasteiger partial charge in [0.05, 0.1) is 29.0 Å². The minimum Gasteiger partial charge on any atom is -0.394 e. The summed E-state index contributed by atoms with van der Waals surface area (Å²) >= 11 is 5.03. The summed E-state index contributed by atoms with van der Waals surface area (Å²) in [7, 11) is 1.91. The first-order valence-electron chi connectivity index (χ1n) is 5.31. The van der Waals surface area contributed by atoms with Crippen LogP contribution in [0, 0.1) is 6.92 Å². The van der Waals surface area contributed by atoms with Crippen LogP contribution in [-0.4, -0.2) is 41.7 Å². The summed E-state index contributed by atoms with van der Waals surface area (Å²) in [5.41, 5.74) is 2.04. The Balaban J connectivity index is 2.09. The molecule has 0 atom stereocenters. The third-order valence-corrected chi connectivity index (χ3v) is 4.41. The van der Waals surface area contributed by atoms with Gasteiger partial charge in [-0.15, -0.1) is 5.10 Å². The first kappa shape index (κ1) is 13.5. The van der Waals surface area contributed by atoms with E-state index in [1.165, 1.54) is 11.8 Å². The second-order valence-electron chi connectivity index (χ2n) is 3.67. The van der Waals surface area contributed by atoms with E-state index >= 15 is 0 Å². The maximum Gasteiger partial charge on any atom is 0.209 e. The average Bonchev–Trinajstić information content (AvgIpc) is 2.85. The summed E-state index contributed by atoms with van der Waals surface area (Å²) in [6, 6.07) is 0. The number of hydrogen-bond acceptors (Lipinski definition) is 6. The van der Waals surface area contributed by atoms with E-state index < -0.39 is 0 Å². The number of nitrogens with zero attached hydrogens (tertiary/aromatic N) is 6. The van der Waals surface area contributed by atoms with Crippen LogP contribution >= 0.6 is 27.7 Å². The van der Waals surface area contributed by atoms with E-state index in [0.717, 1.165) is 15.9 Å². The maximum absolute atomic E-state index is 8.89.